The van der Waals surface area contributed by atoms with E-state index in [1.165, 1.54) is 31.6 Å². The molecule has 2 N–H and O–H groups in total. The Hall–Kier alpha value is -2.32. The Morgan fingerprint density at radius 3 is 2.29 bits per heavy atom. The molecule has 0 saturated carbocycles. The molecule has 0 aliphatic heterocycles. The number of rotatable bonds is 5. The minimum absolute atomic E-state index is 0.303. The molecule has 8 heteroatoms. The summed E-state index contributed by atoms with van der Waals surface area (Å²) in [7, 11) is 2.98. The van der Waals surface area contributed by atoms with E-state index >= 15 is 0 Å². The zero-order valence-corrected chi connectivity index (χ0v) is 15.4. The normalized spacial score (nSPS) is 10.5. The van der Waals surface area contributed by atoms with Crippen molar-refractivity contribution in [2.24, 2.45) is 0 Å². The van der Waals surface area contributed by atoms with Crippen LogP contribution in [0.4, 0.5) is 0 Å². The van der Waals surface area contributed by atoms with E-state index in [1.807, 2.05) is 12.1 Å². The number of carbonyl (C=O) groups is 2. The minimum atomic E-state index is -0.479. The molecule has 0 saturated heterocycles. The van der Waals surface area contributed by atoms with Crippen LogP contribution < -0.4 is 20.3 Å². The highest BCUT2D eigenvalue weighted by Crippen LogP contribution is 2.23. The van der Waals surface area contributed by atoms with Gasteiger partial charge in [-0.25, -0.2) is 0 Å². The molecular formula is C16H15BrN2O4S. The Morgan fingerprint density at radius 1 is 1.08 bits per heavy atom. The molecule has 0 unspecified atom stereocenters. The lowest BCUT2D eigenvalue weighted by molar-refractivity contribution is -0.117. The molecule has 0 radical (unpaired) electrons. The van der Waals surface area contributed by atoms with E-state index < -0.39 is 11.8 Å². The predicted molar refractivity (Wildman–Crippen MR) is 96.2 cm³/mol. The molecule has 126 valence electrons. The maximum atomic E-state index is 12.1. The molecule has 0 fully saturated rings. The SMILES string of the molecule is COc1cc(OC)cc(C(=O)NNC(=O)/C=C/c2ccc(Br)s2)c1. The molecule has 2 amide bonds. The van der Waals surface area contributed by atoms with Crippen LogP contribution in [-0.2, 0) is 4.79 Å². The molecule has 1 aromatic carbocycles. The lowest BCUT2D eigenvalue weighted by atomic mass is 10.2. The van der Waals surface area contributed by atoms with Crippen molar-refractivity contribution in [1.82, 2.24) is 10.9 Å². The molecule has 1 heterocycles. The third-order valence-electron chi connectivity index (χ3n) is 2.91. The van der Waals surface area contributed by atoms with Crippen molar-refractivity contribution in [3.05, 3.63) is 50.6 Å². The molecule has 0 aliphatic rings. The highest BCUT2D eigenvalue weighted by molar-refractivity contribution is 9.11. The smallest absolute Gasteiger partial charge is 0.269 e. The Bertz CT molecular complexity index is 751. The van der Waals surface area contributed by atoms with Gasteiger partial charge in [-0.1, -0.05) is 0 Å². The third kappa shape index (κ3) is 5.10. The Morgan fingerprint density at radius 2 is 1.75 bits per heavy atom. The summed E-state index contributed by atoms with van der Waals surface area (Å²) >= 11 is 4.84. The number of ether oxygens (including phenoxy) is 2. The molecule has 24 heavy (non-hydrogen) atoms. The largest absolute Gasteiger partial charge is 0.497 e. The number of carbonyl (C=O) groups excluding carboxylic acids is 2. The lowest BCUT2D eigenvalue weighted by Crippen LogP contribution is -2.40. The summed E-state index contributed by atoms with van der Waals surface area (Å²) in [6, 6.07) is 8.50. The number of methoxy groups -OCH3 is 2. The van der Waals surface area contributed by atoms with Gasteiger partial charge in [-0.05, 0) is 46.3 Å². The quantitative estimate of drug-likeness (QED) is 0.586. The lowest BCUT2D eigenvalue weighted by Gasteiger charge is -2.09. The van der Waals surface area contributed by atoms with E-state index in [4.69, 9.17) is 9.47 Å². The third-order valence-corrected chi connectivity index (χ3v) is 4.49. The molecule has 2 rings (SSSR count). The summed E-state index contributed by atoms with van der Waals surface area (Å²) in [5.41, 5.74) is 4.96. The first-order valence-corrected chi connectivity index (χ1v) is 8.39. The van der Waals surface area contributed by atoms with Crippen molar-refractivity contribution in [2.75, 3.05) is 14.2 Å². The number of halogens is 1. The number of benzene rings is 1. The number of hydrazine groups is 1. The van der Waals surface area contributed by atoms with Gasteiger partial charge in [0.25, 0.3) is 11.8 Å². The molecule has 1 aromatic heterocycles. The van der Waals surface area contributed by atoms with E-state index in [2.05, 4.69) is 26.8 Å². The Kier molecular flexibility index (Phi) is 6.39. The van der Waals surface area contributed by atoms with Crippen molar-refractivity contribution in [2.45, 2.75) is 0 Å². The molecule has 6 nitrogen and oxygen atoms in total. The van der Waals surface area contributed by atoms with Crippen LogP contribution in [-0.4, -0.2) is 26.0 Å². The molecule has 0 spiro atoms. The van der Waals surface area contributed by atoms with E-state index in [1.54, 1.807) is 24.3 Å². The van der Waals surface area contributed by atoms with Gasteiger partial charge < -0.3 is 9.47 Å². The van der Waals surface area contributed by atoms with Gasteiger partial charge in [-0.15, -0.1) is 11.3 Å². The summed E-state index contributed by atoms with van der Waals surface area (Å²) in [5.74, 6) is 0.0403. The molecule has 0 atom stereocenters. The molecule has 0 bridgehead atoms. The van der Waals surface area contributed by atoms with Gasteiger partial charge in [0.05, 0.1) is 18.0 Å². The second-order valence-corrected chi connectivity index (χ2v) is 7.01. The van der Waals surface area contributed by atoms with Crippen LogP contribution in [0.2, 0.25) is 0 Å². The number of hydrogen-bond donors (Lipinski definition) is 2. The monoisotopic (exact) mass is 410 g/mol. The average molecular weight is 411 g/mol. The topological polar surface area (TPSA) is 76.7 Å². The van der Waals surface area contributed by atoms with Crippen LogP contribution >= 0.6 is 27.3 Å². The van der Waals surface area contributed by atoms with Crippen molar-refractivity contribution in [1.29, 1.82) is 0 Å². The second-order valence-electron chi connectivity index (χ2n) is 4.52. The van der Waals surface area contributed by atoms with E-state index in [0.29, 0.717) is 17.1 Å². The predicted octanol–water partition coefficient (Wildman–Crippen LogP) is 3.00. The summed E-state index contributed by atoms with van der Waals surface area (Å²) < 4.78 is 11.2. The van der Waals surface area contributed by atoms with Gasteiger partial charge in [-0.3, -0.25) is 20.4 Å². The van der Waals surface area contributed by atoms with Gasteiger partial charge in [-0.2, -0.15) is 0 Å². The first-order valence-electron chi connectivity index (χ1n) is 6.78. The van der Waals surface area contributed by atoms with Gasteiger partial charge >= 0.3 is 0 Å². The zero-order chi connectivity index (χ0) is 17.5. The standard InChI is InChI=1S/C16H15BrN2O4S/c1-22-11-7-10(8-12(9-11)23-2)16(21)19-18-15(20)6-4-13-3-5-14(17)24-13/h3-9H,1-2H3,(H,18,20)(H,19,21)/b6-4+. The molecule has 2 aromatic rings. The minimum Gasteiger partial charge on any atom is -0.497 e. The highest BCUT2D eigenvalue weighted by atomic mass is 79.9. The summed E-state index contributed by atoms with van der Waals surface area (Å²) in [6.07, 6.45) is 3.00. The van der Waals surface area contributed by atoms with Gasteiger partial charge in [0.1, 0.15) is 11.5 Å². The Balaban J connectivity index is 1.95. The van der Waals surface area contributed by atoms with Crippen LogP contribution in [0.3, 0.4) is 0 Å². The van der Waals surface area contributed by atoms with Gasteiger partial charge in [0.15, 0.2) is 0 Å². The van der Waals surface area contributed by atoms with E-state index in [-0.39, 0.29) is 0 Å². The molecular weight excluding hydrogens is 396 g/mol. The number of hydrogen-bond acceptors (Lipinski definition) is 5. The summed E-state index contributed by atoms with van der Waals surface area (Å²) in [5, 5.41) is 0. The number of nitrogens with one attached hydrogen (secondary N) is 2. The summed E-state index contributed by atoms with van der Waals surface area (Å²) in [6.45, 7) is 0. The van der Waals surface area contributed by atoms with Crippen molar-refractivity contribution in [3.8, 4) is 11.5 Å². The maximum Gasteiger partial charge on any atom is 0.269 e. The van der Waals surface area contributed by atoms with Crippen LogP contribution in [0.5, 0.6) is 11.5 Å². The van der Waals surface area contributed by atoms with Crippen LogP contribution in [0.15, 0.2) is 40.2 Å². The van der Waals surface area contributed by atoms with Crippen LogP contribution in [0.25, 0.3) is 6.08 Å². The first-order chi connectivity index (χ1) is 11.5. The average Bonchev–Trinajstić information content (AvgIpc) is 3.02. The fourth-order valence-corrected chi connectivity index (χ4v) is 3.07. The summed E-state index contributed by atoms with van der Waals surface area (Å²) in [4.78, 5) is 24.8. The zero-order valence-electron chi connectivity index (χ0n) is 13.0. The van der Waals surface area contributed by atoms with Crippen LogP contribution in [0.1, 0.15) is 15.2 Å². The number of thiophene rings is 1. The van der Waals surface area contributed by atoms with Crippen LogP contribution in [0, 0.1) is 0 Å². The fraction of sp³-hybridized carbons (Fsp3) is 0.125. The van der Waals surface area contributed by atoms with Gasteiger partial charge in [0.2, 0.25) is 0 Å². The first kappa shape index (κ1) is 18.0. The van der Waals surface area contributed by atoms with Crippen molar-refractivity contribution >= 4 is 45.2 Å². The Labute approximate surface area is 151 Å². The van der Waals surface area contributed by atoms with E-state index in [0.717, 1.165) is 8.66 Å². The van der Waals surface area contributed by atoms with E-state index in [9.17, 15) is 9.59 Å². The second kappa shape index (κ2) is 8.51. The highest BCUT2D eigenvalue weighted by Gasteiger charge is 2.10. The number of amides is 2. The van der Waals surface area contributed by atoms with Gasteiger partial charge in [0, 0.05) is 22.6 Å². The van der Waals surface area contributed by atoms with Crippen molar-refractivity contribution in [3.63, 3.8) is 0 Å². The fourth-order valence-electron chi connectivity index (χ4n) is 1.75. The van der Waals surface area contributed by atoms with Crippen molar-refractivity contribution < 1.29 is 19.1 Å². The maximum absolute atomic E-state index is 12.1. The molecule has 0 aliphatic carbocycles.